The minimum atomic E-state index is -0.825. The van der Waals surface area contributed by atoms with Crippen LogP contribution in [0.1, 0.15) is 46.9 Å². The maximum Gasteiger partial charge on any atom is 0.338 e. The van der Waals surface area contributed by atoms with Gasteiger partial charge >= 0.3 is 5.97 Å². The summed E-state index contributed by atoms with van der Waals surface area (Å²) in [7, 11) is 0. The zero-order chi connectivity index (χ0) is 25.1. The highest BCUT2D eigenvalue weighted by atomic mass is 16.5. The van der Waals surface area contributed by atoms with E-state index in [1.807, 2.05) is 45.0 Å². The number of amides is 1. The Hall–Kier alpha value is -4.19. The molecule has 0 aliphatic carbocycles. The van der Waals surface area contributed by atoms with Gasteiger partial charge in [0.25, 0.3) is 11.7 Å². The van der Waals surface area contributed by atoms with Crippen molar-refractivity contribution in [1.82, 2.24) is 0 Å². The predicted molar refractivity (Wildman–Crippen MR) is 134 cm³/mol. The van der Waals surface area contributed by atoms with Crippen LogP contribution in [0, 0.1) is 12.8 Å². The van der Waals surface area contributed by atoms with Crippen molar-refractivity contribution in [2.24, 2.45) is 5.92 Å². The Morgan fingerprint density at radius 1 is 0.943 bits per heavy atom. The SMILES string of the molecule is Cc1cccc(C2/C(=C(\O)c3ccccc3)C(=O)C(=O)N2c2ccc(C(=O)OCC(C)C)cc2)c1. The van der Waals surface area contributed by atoms with Crippen LogP contribution in [0.2, 0.25) is 0 Å². The maximum absolute atomic E-state index is 13.3. The number of benzene rings is 3. The number of aliphatic hydroxyl groups is 1. The van der Waals surface area contributed by atoms with Crippen LogP contribution >= 0.6 is 0 Å². The van der Waals surface area contributed by atoms with Gasteiger partial charge in [0.05, 0.1) is 23.8 Å². The average Bonchev–Trinajstić information content (AvgIpc) is 3.13. The van der Waals surface area contributed by atoms with Gasteiger partial charge in [-0.05, 0) is 42.7 Å². The third-order valence-corrected chi connectivity index (χ3v) is 5.78. The molecular formula is C29H27NO5. The lowest BCUT2D eigenvalue weighted by Crippen LogP contribution is -2.29. The number of ether oxygens (including phenoxy) is 1. The number of carbonyl (C=O) groups excluding carboxylic acids is 3. The smallest absolute Gasteiger partial charge is 0.338 e. The molecule has 6 heteroatoms. The fourth-order valence-corrected chi connectivity index (χ4v) is 4.09. The summed E-state index contributed by atoms with van der Waals surface area (Å²) in [6, 6.07) is 21.7. The number of esters is 1. The van der Waals surface area contributed by atoms with Gasteiger partial charge in [-0.15, -0.1) is 0 Å². The van der Waals surface area contributed by atoms with E-state index in [4.69, 9.17) is 4.74 Å². The van der Waals surface area contributed by atoms with E-state index in [0.29, 0.717) is 29.0 Å². The van der Waals surface area contributed by atoms with E-state index in [2.05, 4.69) is 0 Å². The monoisotopic (exact) mass is 469 g/mol. The molecule has 1 saturated heterocycles. The second-order valence-electron chi connectivity index (χ2n) is 8.99. The first-order valence-corrected chi connectivity index (χ1v) is 11.5. The van der Waals surface area contributed by atoms with Gasteiger partial charge in [-0.2, -0.15) is 0 Å². The molecule has 1 unspecified atom stereocenters. The van der Waals surface area contributed by atoms with Gasteiger partial charge in [0.15, 0.2) is 0 Å². The van der Waals surface area contributed by atoms with Crippen molar-refractivity contribution in [2.75, 3.05) is 11.5 Å². The maximum atomic E-state index is 13.3. The minimum absolute atomic E-state index is 0.0206. The second-order valence-corrected chi connectivity index (χ2v) is 8.99. The molecule has 178 valence electrons. The zero-order valence-corrected chi connectivity index (χ0v) is 19.9. The molecule has 0 bridgehead atoms. The van der Waals surface area contributed by atoms with Gasteiger partial charge in [-0.1, -0.05) is 74.0 Å². The van der Waals surface area contributed by atoms with Crippen LogP contribution in [0.5, 0.6) is 0 Å². The molecule has 1 fully saturated rings. The molecule has 1 heterocycles. The normalized spacial score (nSPS) is 17.1. The van der Waals surface area contributed by atoms with Crippen molar-refractivity contribution in [3.05, 3.63) is 107 Å². The molecule has 4 rings (SSSR count). The second kappa shape index (κ2) is 9.97. The lowest BCUT2D eigenvalue weighted by molar-refractivity contribution is -0.132. The van der Waals surface area contributed by atoms with Gasteiger partial charge in [-0.25, -0.2) is 4.79 Å². The van der Waals surface area contributed by atoms with Gasteiger partial charge in [0.2, 0.25) is 0 Å². The summed E-state index contributed by atoms with van der Waals surface area (Å²) in [5, 5.41) is 11.1. The zero-order valence-electron chi connectivity index (χ0n) is 19.9. The Bertz CT molecular complexity index is 1290. The van der Waals surface area contributed by atoms with Gasteiger partial charge in [0, 0.05) is 11.3 Å². The van der Waals surface area contributed by atoms with E-state index in [0.717, 1.165) is 5.56 Å². The predicted octanol–water partition coefficient (Wildman–Crippen LogP) is 5.43. The first-order valence-electron chi connectivity index (χ1n) is 11.5. The highest BCUT2D eigenvalue weighted by Gasteiger charge is 2.47. The Labute approximate surface area is 204 Å². The summed E-state index contributed by atoms with van der Waals surface area (Å²) in [6.07, 6.45) is 0. The third kappa shape index (κ3) is 4.87. The molecule has 35 heavy (non-hydrogen) atoms. The number of carbonyl (C=O) groups is 3. The van der Waals surface area contributed by atoms with Crippen molar-refractivity contribution >= 4 is 29.1 Å². The molecule has 0 radical (unpaired) electrons. The van der Waals surface area contributed by atoms with E-state index >= 15 is 0 Å². The van der Waals surface area contributed by atoms with Crippen LogP contribution in [0.4, 0.5) is 5.69 Å². The summed E-state index contributed by atoms with van der Waals surface area (Å²) < 4.78 is 5.28. The van der Waals surface area contributed by atoms with Gasteiger partial charge in [-0.3, -0.25) is 14.5 Å². The van der Waals surface area contributed by atoms with Crippen molar-refractivity contribution in [2.45, 2.75) is 26.8 Å². The fraction of sp³-hybridized carbons (Fsp3) is 0.207. The fourth-order valence-electron chi connectivity index (χ4n) is 4.09. The largest absolute Gasteiger partial charge is 0.507 e. The molecule has 1 aliphatic heterocycles. The van der Waals surface area contributed by atoms with Crippen molar-refractivity contribution in [3.63, 3.8) is 0 Å². The van der Waals surface area contributed by atoms with E-state index < -0.39 is 23.7 Å². The first kappa shape index (κ1) is 24.0. The van der Waals surface area contributed by atoms with Crippen LogP contribution in [0.3, 0.4) is 0 Å². The quantitative estimate of drug-likeness (QED) is 0.225. The van der Waals surface area contributed by atoms with Crippen LogP contribution < -0.4 is 4.90 Å². The lowest BCUT2D eigenvalue weighted by Gasteiger charge is -2.26. The molecule has 1 aliphatic rings. The van der Waals surface area contributed by atoms with E-state index in [-0.39, 0.29) is 17.3 Å². The minimum Gasteiger partial charge on any atom is -0.507 e. The topological polar surface area (TPSA) is 83.9 Å². The number of ketones is 1. The Kier molecular flexibility index (Phi) is 6.82. The first-order chi connectivity index (χ1) is 16.8. The molecule has 6 nitrogen and oxygen atoms in total. The number of aryl methyl sites for hydroxylation is 1. The summed E-state index contributed by atoms with van der Waals surface area (Å²) in [4.78, 5) is 40.2. The lowest BCUT2D eigenvalue weighted by atomic mass is 9.94. The number of nitrogens with zero attached hydrogens (tertiary/aromatic N) is 1. The highest BCUT2D eigenvalue weighted by molar-refractivity contribution is 6.51. The van der Waals surface area contributed by atoms with E-state index in [1.165, 1.54) is 4.90 Å². The molecular weight excluding hydrogens is 442 g/mol. The van der Waals surface area contributed by atoms with Crippen molar-refractivity contribution in [1.29, 1.82) is 0 Å². The number of rotatable bonds is 6. The summed E-state index contributed by atoms with van der Waals surface area (Å²) in [6.45, 7) is 6.13. The number of hydrogen-bond donors (Lipinski definition) is 1. The summed E-state index contributed by atoms with van der Waals surface area (Å²) in [5.41, 5.74) is 2.91. The Morgan fingerprint density at radius 2 is 1.63 bits per heavy atom. The Balaban J connectivity index is 1.79. The van der Waals surface area contributed by atoms with Crippen LogP contribution in [-0.2, 0) is 14.3 Å². The third-order valence-electron chi connectivity index (χ3n) is 5.78. The van der Waals surface area contributed by atoms with Crippen LogP contribution in [-0.4, -0.2) is 29.4 Å². The van der Waals surface area contributed by atoms with Crippen molar-refractivity contribution < 1.29 is 24.2 Å². The van der Waals surface area contributed by atoms with E-state index in [1.54, 1.807) is 54.6 Å². The number of hydrogen-bond acceptors (Lipinski definition) is 5. The average molecular weight is 470 g/mol. The molecule has 1 atom stereocenters. The molecule has 0 saturated carbocycles. The highest BCUT2D eigenvalue weighted by Crippen LogP contribution is 2.42. The Morgan fingerprint density at radius 3 is 2.26 bits per heavy atom. The van der Waals surface area contributed by atoms with Crippen LogP contribution in [0.25, 0.3) is 5.76 Å². The number of aliphatic hydroxyl groups excluding tert-OH is 1. The van der Waals surface area contributed by atoms with Gasteiger partial charge in [0.1, 0.15) is 5.76 Å². The molecule has 0 aromatic heterocycles. The summed E-state index contributed by atoms with van der Waals surface area (Å²) in [5.74, 6) is -1.98. The van der Waals surface area contributed by atoms with Crippen LogP contribution in [0.15, 0.2) is 84.4 Å². The standard InChI is InChI=1S/C29H27NO5/c1-18(2)17-35-29(34)21-12-14-23(15-13-21)30-25(22-11-7-8-19(3)16-22)24(27(32)28(30)33)26(31)20-9-5-4-6-10-20/h4-16,18,25,31H,17H2,1-3H3/b26-24+. The number of anilines is 1. The van der Waals surface area contributed by atoms with Gasteiger partial charge < -0.3 is 9.84 Å². The molecule has 1 N–H and O–H groups in total. The molecule has 1 amide bonds. The molecule has 0 spiro atoms. The van der Waals surface area contributed by atoms with E-state index in [9.17, 15) is 19.5 Å². The molecule has 3 aromatic carbocycles. The summed E-state index contributed by atoms with van der Waals surface area (Å²) >= 11 is 0. The molecule has 3 aromatic rings. The van der Waals surface area contributed by atoms with Crippen molar-refractivity contribution in [3.8, 4) is 0 Å². The number of Topliss-reactive ketones (excluding diaryl/α,β-unsaturated/α-hetero) is 1.